The topological polar surface area (TPSA) is 50.4 Å². The number of carbonyl (C=O) groups is 1. The van der Waals surface area contributed by atoms with Gasteiger partial charge in [0.05, 0.1) is 12.2 Å². The maximum atomic E-state index is 11.8. The summed E-state index contributed by atoms with van der Waals surface area (Å²) in [5.41, 5.74) is 2.37. The minimum atomic E-state index is -0.320. The third-order valence-corrected chi connectivity index (χ3v) is 3.54. The highest BCUT2D eigenvalue weighted by Gasteiger charge is 2.11. The maximum absolute atomic E-state index is 11.8. The van der Waals surface area contributed by atoms with Gasteiger partial charge in [0.1, 0.15) is 0 Å². The van der Waals surface area contributed by atoms with Gasteiger partial charge in [0.25, 0.3) is 0 Å². The highest BCUT2D eigenvalue weighted by Crippen LogP contribution is 2.17. The predicted molar refractivity (Wildman–Crippen MR) is 90.9 cm³/mol. The van der Waals surface area contributed by atoms with Gasteiger partial charge in [0, 0.05) is 11.7 Å². The molecule has 1 aromatic rings. The average Bonchev–Trinajstić information content (AvgIpc) is 2.47. The van der Waals surface area contributed by atoms with Crippen LogP contribution in [0, 0.1) is 6.92 Å². The number of thiocarbonyl (C=S) groups is 1. The van der Waals surface area contributed by atoms with Crippen LogP contribution >= 0.6 is 12.2 Å². The van der Waals surface area contributed by atoms with Crippen LogP contribution in [0.15, 0.2) is 18.2 Å². The van der Waals surface area contributed by atoms with Crippen LogP contribution in [0.5, 0.6) is 0 Å². The van der Waals surface area contributed by atoms with Gasteiger partial charge in [-0.2, -0.15) is 0 Å². The number of aryl methyl sites for hydroxylation is 1. The Labute approximate surface area is 132 Å². The predicted octanol–water partition coefficient (Wildman–Crippen LogP) is 3.65. The molecule has 0 saturated carbocycles. The first kappa shape index (κ1) is 17.4. The molecule has 0 aromatic heterocycles. The van der Waals surface area contributed by atoms with Crippen molar-refractivity contribution in [2.24, 2.45) is 0 Å². The normalized spacial score (nSPS) is 10.3. The van der Waals surface area contributed by atoms with Crippen molar-refractivity contribution in [2.45, 2.75) is 46.6 Å². The lowest BCUT2D eigenvalue weighted by atomic mass is 10.1. The Balaban J connectivity index is 2.80. The monoisotopic (exact) mass is 308 g/mol. The summed E-state index contributed by atoms with van der Waals surface area (Å²) in [5.74, 6) is -0.320. The highest BCUT2D eigenvalue weighted by atomic mass is 32.1. The quantitative estimate of drug-likeness (QED) is 0.620. The van der Waals surface area contributed by atoms with Gasteiger partial charge in [0.15, 0.2) is 5.11 Å². The first-order valence-corrected chi connectivity index (χ1v) is 7.77. The Morgan fingerprint density at radius 3 is 2.52 bits per heavy atom. The number of hydrogen-bond donors (Lipinski definition) is 2. The van der Waals surface area contributed by atoms with Crippen molar-refractivity contribution in [1.82, 2.24) is 5.32 Å². The number of nitrogens with one attached hydrogen (secondary N) is 2. The van der Waals surface area contributed by atoms with E-state index in [1.807, 2.05) is 13.0 Å². The number of carbonyl (C=O) groups excluding carboxylic acids is 1. The number of hydrogen-bond acceptors (Lipinski definition) is 3. The molecule has 0 bridgehead atoms. The lowest BCUT2D eigenvalue weighted by molar-refractivity contribution is 0.0526. The molecule has 2 N–H and O–H groups in total. The van der Waals surface area contributed by atoms with Crippen LogP contribution in [-0.4, -0.2) is 23.7 Å². The van der Waals surface area contributed by atoms with Gasteiger partial charge < -0.3 is 15.4 Å². The summed E-state index contributed by atoms with van der Waals surface area (Å²) in [5, 5.41) is 7.01. The Morgan fingerprint density at radius 2 is 1.95 bits per heavy atom. The van der Waals surface area contributed by atoms with E-state index in [2.05, 4.69) is 24.5 Å². The molecule has 0 heterocycles. The van der Waals surface area contributed by atoms with E-state index in [1.165, 1.54) is 0 Å². The van der Waals surface area contributed by atoms with Gasteiger partial charge in [-0.05, 0) is 56.6 Å². The molecule has 4 nitrogen and oxygen atoms in total. The molecule has 0 spiro atoms. The average molecular weight is 308 g/mol. The van der Waals surface area contributed by atoms with Gasteiger partial charge in [-0.25, -0.2) is 4.79 Å². The lowest BCUT2D eigenvalue weighted by Crippen LogP contribution is -2.37. The molecule has 116 valence electrons. The molecule has 0 saturated heterocycles. The summed E-state index contributed by atoms with van der Waals surface area (Å²) in [6, 6.07) is 5.77. The standard InChI is InChI=1S/C16H24N2O2S/c1-5-13(6-2)17-16(21)18-14-10-12(9-8-11(14)4)15(19)20-7-3/h8-10,13H,5-7H2,1-4H3,(H2,17,18,21). The third-order valence-electron chi connectivity index (χ3n) is 3.32. The van der Waals surface area contributed by atoms with E-state index in [-0.39, 0.29) is 5.97 Å². The minimum Gasteiger partial charge on any atom is -0.462 e. The Morgan fingerprint density at radius 1 is 1.29 bits per heavy atom. The molecule has 0 aliphatic heterocycles. The zero-order chi connectivity index (χ0) is 15.8. The number of rotatable bonds is 6. The van der Waals surface area contributed by atoms with Crippen molar-refractivity contribution < 1.29 is 9.53 Å². The van der Waals surface area contributed by atoms with Crippen molar-refractivity contribution >= 4 is 29.0 Å². The molecular formula is C16H24N2O2S. The van der Waals surface area contributed by atoms with Gasteiger partial charge >= 0.3 is 5.97 Å². The van der Waals surface area contributed by atoms with Gasteiger partial charge in [-0.3, -0.25) is 0 Å². The van der Waals surface area contributed by atoms with E-state index >= 15 is 0 Å². The summed E-state index contributed by atoms with van der Waals surface area (Å²) in [6.07, 6.45) is 2.03. The van der Waals surface area contributed by atoms with E-state index in [0.29, 0.717) is 23.3 Å². The fourth-order valence-electron chi connectivity index (χ4n) is 1.93. The molecule has 0 aliphatic carbocycles. The van der Waals surface area contributed by atoms with E-state index in [9.17, 15) is 4.79 Å². The van der Waals surface area contributed by atoms with Crippen molar-refractivity contribution in [3.05, 3.63) is 29.3 Å². The Kier molecular flexibility index (Phi) is 7.15. The zero-order valence-corrected chi connectivity index (χ0v) is 14.0. The molecule has 0 amide bonds. The first-order valence-electron chi connectivity index (χ1n) is 7.37. The first-order chi connectivity index (χ1) is 10.0. The van der Waals surface area contributed by atoms with Crippen molar-refractivity contribution in [3.8, 4) is 0 Å². The van der Waals surface area contributed by atoms with Crippen LogP contribution in [-0.2, 0) is 4.74 Å². The summed E-state index contributed by atoms with van der Waals surface area (Å²) in [6.45, 7) is 8.37. The fourth-order valence-corrected chi connectivity index (χ4v) is 2.21. The molecule has 0 atom stereocenters. The lowest BCUT2D eigenvalue weighted by Gasteiger charge is -2.19. The smallest absolute Gasteiger partial charge is 0.338 e. The maximum Gasteiger partial charge on any atom is 0.338 e. The molecule has 21 heavy (non-hydrogen) atoms. The van der Waals surface area contributed by atoms with Gasteiger partial charge in [-0.1, -0.05) is 19.9 Å². The Hall–Kier alpha value is -1.62. The van der Waals surface area contributed by atoms with Crippen molar-refractivity contribution in [2.75, 3.05) is 11.9 Å². The summed E-state index contributed by atoms with van der Waals surface area (Å²) >= 11 is 5.33. The number of esters is 1. The van der Waals surface area contributed by atoms with E-state index < -0.39 is 0 Å². The second kappa shape index (κ2) is 8.62. The van der Waals surface area contributed by atoms with Crippen LogP contribution in [0.1, 0.15) is 49.5 Å². The Bertz CT molecular complexity index is 499. The van der Waals surface area contributed by atoms with E-state index in [4.69, 9.17) is 17.0 Å². The largest absolute Gasteiger partial charge is 0.462 e. The van der Waals surface area contributed by atoms with Crippen LogP contribution in [0.25, 0.3) is 0 Å². The summed E-state index contributed by atoms with van der Waals surface area (Å²) < 4.78 is 5.01. The number of anilines is 1. The minimum absolute atomic E-state index is 0.320. The summed E-state index contributed by atoms with van der Waals surface area (Å²) in [4.78, 5) is 11.8. The van der Waals surface area contributed by atoms with Crippen molar-refractivity contribution in [1.29, 1.82) is 0 Å². The summed E-state index contributed by atoms with van der Waals surface area (Å²) in [7, 11) is 0. The van der Waals surface area contributed by atoms with Gasteiger partial charge in [-0.15, -0.1) is 0 Å². The molecular weight excluding hydrogens is 284 g/mol. The van der Waals surface area contributed by atoms with E-state index in [1.54, 1.807) is 19.1 Å². The SMILES string of the molecule is CCOC(=O)c1ccc(C)c(NC(=S)NC(CC)CC)c1. The van der Waals surface area contributed by atoms with Crippen LogP contribution in [0.3, 0.4) is 0 Å². The molecule has 1 rings (SSSR count). The molecule has 0 aliphatic rings. The van der Waals surface area contributed by atoms with Crippen molar-refractivity contribution in [3.63, 3.8) is 0 Å². The van der Waals surface area contributed by atoms with E-state index in [0.717, 1.165) is 24.1 Å². The highest BCUT2D eigenvalue weighted by molar-refractivity contribution is 7.80. The third kappa shape index (κ3) is 5.34. The number of ether oxygens (including phenoxy) is 1. The molecule has 5 heteroatoms. The van der Waals surface area contributed by atoms with Crippen LogP contribution in [0.4, 0.5) is 5.69 Å². The van der Waals surface area contributed by atoms with Crippen LogP contribution in [0.2, 0.25) is 0 Å². The second-order valence-corrected chi connectivity index (χ2v) is 5.27. The second-order valence-electron chi connectivity index (χ2n) is 4.86. The van der Waals surface area contributed by atoms with Gasteiger partial charge in [0.2, 0.25) is 0 Å². The molecule has 0 unspecified atom stereocenters. The molecule has 0 radical (unpaired) electrons. The van der Waals surface area contributed by atoms with Crippen LogP contribution < -0.4 is 10.6 Å². The molecule has 0 fully saturated rings. The zero-order valence-electron chi connectivity index (χ0n) is 13.2. The number of benzene rings is 1. The fraction of sp³-hybridized carbons (Fsp3) is 0.500. The molecule has 1 aromatic carbocycles.